The van der Waals surface area contributed by atoms with Crippen molar-refractivity contribution in [1.82, 2.24) is 20.2 Å². The summed E-state index contributed by atoms with van der Waals surface area (Å²) in [5.74, 6) is 0.699. The van der Waals surface area contributed by atoms with Crippen molar-refractivity contribution in [1.29, 1.82) is 0 Å². The molecule has 0 saturated heterocycles. The number of aryl methyl sites for hydroxylation is 1. The number of rotatable bonds is 4. The normalized spacial score (nSPS) is 10.6. The average Bonchev–Trinajstić information content (AvgIpc) is 2.75. The van der Waals surface area contributed by atoms with Gasteiger partial charge in [0.15, 0.2) is 5.82 Å². The molecule has 0 spiro atoms. The van der Waals surface area contributed by atoms with E-state index in [1.165, 1.54) is 4.80 Å². The third-order valence-corrected chi connectivity index (χ3v) is 2.33. The first-order chi connectivity index (χ1) is 7.79. The average molecular weight is 238 g/mol. The lowest BCUT2D eigenvalue weighted by molar-refractivity contribution is 0.714. The molecule has 0 unspecified atom stereocenters. The Morgan fingerprint density at radius 3 is 3.00 bits per heavy atom. The maximum Gasteiger partial charge on any atom is 0.175 e. The molecule has 0 aliphatic rings. The summed E-state index contributed by atoms with van der Waals surface area (Å²) in [5, 5.41) is 12.8. The predicted molar refractivity (Wildman–Crippen MR) is 61.5 cm³/mol. The highest BCUT2D eigenvalue weighted by atomic mass is 35.5. The Morgan fingerprint density at radius 1 is 1.38 bits per heavy atom. The lowest BCUT2D eigenvalue weighted by Gasteiger charge is -1.97. The summed E-state index contributed by atoms with van der Waals surface area (Å²) in [4.78, 5) is 1.47. The van der Waals surface area contributed by atoms with Gasteiger partial charge in [0.1, 0.15) is 0 Å². The Labute approximate surface area is 98.2 Å². The molecule has 0 fully saturated rings. The maximum atomic E-state index is 5.88. The van der Waals surface area contributed by atoms with Crippen LogP contribution in [0.2, 0.25) is 5.02 Å². The van der Waals surface area contributed by atoms with Crippen molar-refractivity contribution in [2.24, 2.45) is 5.73 Å². The molecule has 16 heavy (non-hydrogen) atoms. The first-order valence-electron chi connectivity index (χ1n) is 5.04. The third-order valence-electron chi connectivity index (χ3n) is 2.10. The van der Waals surface area contributed by atoms with Crippen LogP contribution >= 0.6 is 11.6 Å². The van der Waals surface area contributed by atoms with Gasteiger partial charge in [-0.25, -0.2) is 0 Å². The molecule has 0 aliphatic heterocycles. The summed E-state index contributed by atoms with van der Waals surface area (Å²) in [5.41, 5.74) is 6.22. The number of hydrogen-bond acceptors (Lipinski definition) is 4. The fourth-order valence-corrected chi connectivity index (χ4v) is 1.50. The third kappa shape index (κ3) is 2.56. The summed E-state index contributed by atoms with van der Waals surface area (Å²) in [6, 6.07) is 7.31. The Hall–Kier alpha value is -1.46. The molecule has 1 aromatic carbocycles. The molecule has 0 amide bonds. The zero-order valence-corrected chi connectivity index (χ0v) is 9.43. The van der Waals surface area contributed by atoms with E-state index in [9.17, 15) is 0 Å². The van der Waals surface area contributed by atoms with E-state index in [1.807, 2.05) is 12.1 Å². The van der Waals surface area contributed by atoms with E-state index in [-0.39, 0.29) is 0 Å². The number of benzene rings is 1. The van der Waals surface area contributed by atoms with Crippen molar-refractivity contribution >= 4 is 11.6 Å². The van der Waals surface area contributed by atoms with Gasteiger partial charge in [0.05, 0.1) is 5.69 Å². The van der Waals surface area contributed by atoms with Gasteiger partial charge in [-0.3, -0.25) is 0 Å². The molecule has 0 radical (unpaired) electrons. The molecule has 1 aromatic heterocycles. The molecule has 84 valence electrons. The van der Waals surface area contributed by atoms with Crippen LogP contribution in [0.15, 0.2) is 24.3 Å². The quantitative estimate of drug-likeness (QED) is 0.868. The molecule has 1 heterocycles. The lowest BCUT2D eigenvalue weighted by atomic mass is 10.3. The molecular formula is C10H12ClN5. The van der Waals surface area contributed by atoms with Crippen LogP contribution in [0.1, 0.15) is 12.2 Å². The highest BCUT2D eigenvalue weighted by Gasteiger charge is 2.04. The Bertz CT molecular complexity index is 468. The van der Waals surface area contributed by atoms with Gasteiger partial charge >= 0.3 is 0 Å². The first-order valence-corrected chi connectivity index (χ1v) is 5.42. The monoisotopic (exact) mass is 237 g/mol. The van der Waals surface area contributed by atoms with Crippen molar-refractivity contribution in [2.45, 2.75) is 12.8 Å². The summed E-state index contributed by atoms with van der Waals surface area (Å²) in [7, 11) is 0. The zero-order chi connectivity index (χ0) is 11.4. The molecule has 2 rings (SSSR count). The molecule has 6 heteroatoms. The van der Waals surface area contributed by atoms with Crippen LogP contribution in [0.3, 0.4) is 0 Å². The van der Waals surface area contributed by atoms with Gasteiger partial charge in [0, 0.05) is 11.4 Å². The van der Waals surface area contributed by atoms with Gasteiger partial charge in [-0.1, -0.05) is 17.7 Å². The second-order valence-corrected chi connectivity index (χ2v) is 3.80. The molecule has 5 nitrogen and oxygen atoms in total. The Balaban J connectivity index is 2.18. The lowest BCUT2D eigenvalue weighted by Crippen LogP contribution is -2.02. The smallest absolute Gasteiger partial charge is 0.175 e. The number of nitrogens with two attached hydrogens (primary N) is 1. The molecule has 0 atom stereocenters. The van der Waals surface area contributed by atoms with E-state index < -0.39 is 0 Å². The van der Waals surface area contributed by atoms with Gasteiger partial charge in [0.2, 0.25) is 0 Å². The number of aromatic nitrogens is 4. The number of nitrogens with zero attached hydrogens (tertiary/aromatic N) is 4. The fraction of sp³-hybridized carbons (Fsp3) is 0.300. The topological polar surface area (TPSA) is 69.6 Å². The van der Waals surface area contributed by atoms with Crippen LogP contribution in [0.25, 0.3) is 5.69 Å². The highest BCUT2D eigenvalue weighted by molar-refractivity contribution is 6.30. The van der Waals surface area contributed by atoms with Crippen LogP contribution in [-0.4, -0.2) is 26.8 Å². The summed E-state index contributed by atoms with van der Waals surface area (Å²) in [6.07, 6.45) is 1.61. The molecule has 0 bridgehead atoms. The van der Waals surface area contributed by atoms with Crippen molar-refractivity contribution in [2.75, 3.05) is 6.54 Å². The van der Waals surface area contributed by atoms with Gasteiger partial charge < -0.3 is 5.73 Å². The van der Waals surface area contributed by atoms with Gasteiger partial charge in [-0.2, -0.15) is 0 Å². The van der Waals surface area contributed by atoms with E-state index in [0.717, 1.165) is 18.5 Å². The van der Waals surface area contributed by atoms with Crippen molar-refractivity contribution < 1.29 is 0 Å². The van der Waals surface area contributed by atoms with Crippen LogP contribution in [-0.2, 0) is 6.42 Å². The second kappa shape index (κ2) is 5.05. The van der Waals surface area contributed by atoms with E-state index in [1.54, 1.807) is 12.1 Å². The van der Waals surface area contributed by atoms with Gasteiger partial charge in [-0.15, -0.1) is 15.0 Å². The fourth-order valence-electron chi connectivity index (χ4n) is 1.31. The Morgan fingerprint density at radius 2 is 2.25 bits per heavy atom. The molecule has 2 aromatic rings. The Kier molecular flexibility index (Phi) is 3.48. The van der Waals surface area contributed by atoms with Crippen molar-refractivity contribution in [3.8, 4) is 5.69 Å². The SMILES string of the molecule is NCCCc1nnn(-c2cccc(Cl)c2)n1. The minimum Gasteiger partial charge on any atom is -0.330 e. The van der Waals surface area contributed by atoms with Crippen LogP contribution in [0.4, 0.5) is 0 Å². The van der Waals surface area contributed by atoms with Crippen molar-refractivity contribution in [3.63, 3.8) is 0 Å². The highest BCUT2D eigenvalue weighted by Crippen LogP contribution is 2.12. The largest absolute Gasteiger partial charge is 0.330 e. The van der Waals surface area contributed by atoms with E-state index >= 15 is 0 Å². The van der Waals surface area contributed by atoms with Crippen molar-refractivity contribution in [3.05, 3.63) is 35.1 Å². The van der Waals surface area contributed by atoms with Crippen LogP contribution in [0.5, 0.6) is 0 Å². The van der Waals surface area contributed by atoms with Gasteiger partial charge in [0.25, 0.3) is 0 Å². The molecular weight excluding hydrogens is 226 g/mol. The van der Waals surface area contributed by atoms with Crippen LogP contribution in [0, 0.1) is 0 Å². The summed E-state index contributed by atoms with van der Waals surface area (Å²) >= 11 is 5.88. The van der Waals surface area contributed by atoms with Gasteiger partial charge in [-0.05, 0) is 36.4 Å². The minimum atomic E-state index is 0.631. The number of hydrogen-bond donors (Lipinski definition) is 1. The standard InChI is InChI=1S/C10H12ClN5/c11-8-3-1-4-9(7-8)16-14-10(13-15-16)5-2-6-12/h1,3-4,7H,2,5-6,12H2. The first kappa shape index (κ1) is 11.0. The zero-order valence-electron chi connectivity index (χ0n) is 8.67. The summed E-state index contributed by atoms with van der Waals surface area (Å²) in [6.45, 7) is 0.631. The van der Waals surface area contributed by atoms with E-state index in [2.05, 4.69) is 15.4 Å². The summed E-state index contributed by atoms with van der Waals surface area (Å²) < 4.78 is 0. The second-order valence-electron chi connectivity index (χ2n) is 3.37. The predicted octanol–water partition coefficient (Wildman–Crippen LogP) is 1.21. The molecule has 0 aliphatic carbocycles. The minimum absolute atomic E-state index is 0.631. The number of tetrazole rings is 1. The molecule has 2 N–H and O–H groups in total. The van der Waals surface area contributed by atoms with Crippen LogP contribution < -0.4 is 5.73 Å². The van der Waals surface area contributed by atoms with E-state index in [0.29, 0.717) is 17.4 Å². The maximum absolute atomic E-state index is 5.88. The van der Waals surface area contributed by atoms with E-state index in [4.69, 9.17) is 17.3 Å². The number of halogens is 1. The molecule has 0 saturated carbocycles.